The molecule has 1 aromatic heterocycles. The van der Waals surface area contributed by atoms with E-state index in [-0.39, 0.29) is 0 Å². The first-order valence-electron chi connectivity index (χ1n) is 11.2. The van der Waals surface area contributed by atoms with Crippen molar-refractivity contribution in [3.8, 4) is 17.1 Å². The molecule has 0 fully saturated rings. The predicted molar refractivity (Wildman–Crippen MR) is 136 cm³/mol. The second-order valence-electron chi connectivity index (χ2n) is 8.11. The monoisotopic (exact) mass is 465 g/mol. The highest BCUT2D eigenvalue weighted by Gasteiger charge is 2.20. The highest BCUT2D eigenvalue weighted by Crippen LogP contribution is 2.25. The van der Waals surface area contributed by atoms with Crippen LogP contribution in [0.1, 0.15) is 17.3 Å². The molecule has 0 saturated carbocycles. The van der Waals surface area contributed by atoms with Crippen molar-refractivity contribution >= 4 is 39.4 Å². The van der Waals surface area contributed by atoms with E-state index in [1.165, 1.54) is 0 Å². The molecule has 7 nitrogen and oxygen atoms in total. The number of amides is 1. The normalized spacial score (nSPS) is 11.8. The molecule has 0 spiro atoms. The molecule has 4 aromatic carbocycles. The Morgan fingerprint density at radius 1 is 0.943 bits per heavy atom. The maximum absolute atomic E-state index is 12.8. The van der Waals surface area contributed by atoms with E-state index in [1.54, 1.807) is 32.2 Å². The van der Waals surface area contributed by atoms with Crippen molar-refractivity contribution in [2.75, 3.05) is 12.4 Å². The Balaban J connectivity index is 1.29. The molecule has 1 amide bonds. The molecule has 0 aliphatic heterocycles. The molecular formula is C28H23N3O4. The summed E-state index contributed by atoms with van der Waals surface area (Å²) in [6.07, 6.45) is -0.978. The lowest BCUT2D eigenvalue weighted by Crippen LogP contribution is -2.30. The third-order valence-electron chi connectivity index (χ3n) is 5.78. The number of benzene rings is 4. The van der Waals surface area contributed by atoms with Crippen LogP contribution in [0.25, 0.3) is 33.2 Å². The Kier molecular flexibility index (Phi) is 5.89. The molecule has 0 aliphatic rings. The Bertz CT molecular complexity index is 1530. The molecule has 2 N–H and O–H groups in total. The summed E-state index contributed by atoms with van der Waals surface area (Å²) < 4.78 is 10.6. The number of hydrogen-bond donors (Lipinski definition) is 2. The summed E-state index contributed by atoms with van der Waals surface area (Å²) in [6, 6.07) is 26.0. The smallest absolute Gasteiger partial charge is 0.338 e. The molecule has 1 unspecified atom stereocenters. The number of aromatic amines is 1. The van der Waals surface area contributed by atoms with Gasteiger partial charge in [0.05, 0.1) is 23.7 Å². The number of rotatable bonds is 6. The van der Waals surface area contributed by atoms with Crippen LogP contribution in [0.2, 0.25) is 0 Å². The summed E-state index contributed by atoms with van der Waals surface area (Å²) in [5.74, 6) is 0.441. The summed E-state index contributed by atoms with van der Waals surface area (Å²) in [5, 5.41) is 4.79. The molecular weight excluding hydrogens is 442 g/mol. The number of nitrogens with one attached hydrogen (secondary N) is 2. The Morgan fingerprint density at radius 2 is 1.71 bits per heavy atom. The van der Waals surface area contributed by atoms with Gasteiger partial charge in [-0.3, -0.25) is 4.79 Å². The molecule has 1 heterocycles. The molecule has 5 aromatic rings. The van der Waals surface area contributed by atoms with E-state index in [4.69, 9.17) is 9.47 Å². The van der Waals surface area contributed by atoms with E-state index in [1.807, 2.05) is 66.7 Å². The van der Waals surface area contributed by atoms with Crippen LogP contribution in [-0.4, -0.2) is 35.1 Å². The molecule has 35 heavy (non-hydrogen) atoms. The first-order chi connectivity index (χ1) is 17.0. The minimum atomic E-state index is -0.978. The van der Waals surface area contributed by atoms with Gasteiger partial charge in [0.1, 0.15) is 11.6 Å². The van der Waals surface area contributed by atoms with Crippen molar-refractivity contribution in [2.24, 2.45) is 0 Å². The minimum absolute atomic E-state index is 0.326. The SMILES string of the molecule is COc1ccc(-c2nc3ccc(C(=O)OC(C)C(=O)Nc4cccc5ccccc45)cc3[nH]2)cc1. The molecule has 0 bridgehead atoms. The van der Waals surface area contributed by atoms with Crippen molar-refractivity contribution in [1.82, 2.24) is 9.97 Å². The zero-order valence-corrected chi connectivity index (χ0v) is 19.2. The van der Waals surface area contributed by atoms with Gasteiger partial charge >= 0.3 is 5.97 Å². The summed E-state index contributed by atoms with van der Waals surface area (Å²) in [7, 11) is 1.62. The lowest BCUT2D eigenvalue weighted by atomic mass is 10.1. The van der Waals surface area contributed by atoms with Gasteiger partial charge in [-0.2, -0.15) is 0 Å². The van der Waals surface area contributed by atoms with Crippen LogP contribution in [0.4, 0.5) is 5.69 Å². The van der Waals surface area contributed by atoms with Crippen molar-refractivity contribution in [3.63, 3.8) is 0 Å². The van der Waals surface area contributed by atoms with Gasteiger partial charge < -0.3 is 19.8 Å². The number of methoxy groups -OCH3 is 1. The van der Waals surface area contributed by atoms with Gasteiger partial charge in [0.25, 0.3) is 5.91 Å². The largest absolute Gasteiger partial charge is 0.497 e. The topological polar surface area (TPSA) is 93.3 Å². The van der Waals surface area contributed by atoms with Crippen LogP contribution in [0.3, 0.4) is 0 Å². The number of aromatic nitrogens is 2. The van der Waals surface area contributed by atoms with Crippen LogP contribution < -0.4 is 10.1 Å². The predicted octanol–water partition coefficient (Wildman–Crippen LogP) is 5.58. The minimum Gasteiger partial charge on any atom is -0.497 e. The number of nitrogens with zero attached hydrogens (tertiary/aromatic N) is 1. The van der Waals surface area contributed by atoms with Crippen LogP contribution in [0.5, 0.6) is 5.75 Å². The zero-order chi connectivity index (χ0) is 24.4. The highest BCUT2D eigenvalue weighted by molar-refractivity contribution is 6.04. The van der Waals surface area contributed by atoms with E-state index in [9.17, 15) is 9.59 Å². The number of imidazole rings is 1. The number of esters is 1. The number of carbonyl (C=O) groups is 2. The number of H-pyrrole nitrogens is 1. The molecule has 174 valence electrons. The molecule has 0 aliphatic carbocycles. The molecule has 0 radical (unpaired) electrons. The van der Waals surface area contributed by atoms with Gasteiger partial charge in [-0.25, -0.2) is 9.78 Å². The van der Waals surface area contributed by atoms with Crippen molar-refractivity contribution in [1.29, 1.82) is 0 Å². The van der Waals surface area contributed by atoms with Crippen molar-refractivity contribution in [3.05, 3.63) is 90.5 Å². The zero-order valence-electron chi connectivity index (χ0n) is 19.2. The summed E-state index contributed by atoms with van der Waals surface area (Å²) >= 11 is 0. The van der Waals surface area contributed by atoms with Gasteiger partial charge in [-0.1, -0.05) is 36.4 Å². The van der Waals surface area contributed by atoms with Crippen LogP contribution in [-0.2, 0) is 9.53 Å². The van der Waals surface area contributed by atoms with E-state index in [2.05, 4.69) is 15.3 Å². The standard InChI is InChI=1S/C28H23N3O4/c1-17(27(32)31-23-9-5-7-18-6-3-4-8-22(18)23)35-28(33)20-12-15-24-25(16-20)30-26(29-24)19-10-13-21(34-2)14-11-19/h3-17H,1-2H3,(H,29,30)(H,31,32). The fraction of sp³-hybridized carbons (Fsp3) is 0.107. The van der Waals surface area contributed by atoms with Crippen LogP contribution in [0.15, 0.2) is 84.9 Å². The van der Waals surface area contributed by atoms with Gasteiger partial charge in [0, 0.05) is 16.6 Å². The first kappa shape index (κ1) is 22.2. The van der Waals surface area contributed by atoms with E-state index >= 15 is 0 Å². The van der Waals surface area contributed by atoms with E-state index in [0.717, 1.165) is 22.1 Å². The van der Waals surface area contributed by atoms with E-state index in [0.29, 0.717) is 28.1 Å². The number of anilines is 1. The summed E-state index contributed by atoms with van der Waals surface area (Å²) in [6.45, 7) is 1.55. The Labute approximate surface area is 201 Å². The second kappa shape index (κ2) is 9.30. The number of hydrogen-bond acceptors (Lipinski definition) is 5. The van der Waals surface area contributed by atoms with Gasteiger partial charge in [0.2, 0.25) is 0 Å². The molecule has 7 heteroatoms. The lowest BCUT2D eigenvalue weighted by Gasteiger charge is -2.15. The molecule has 0 saturated heterocycles. The number of carbonyl (C=O) groups excluding carboxylic acids is 2. The Hall–Kier alpha value is -4.65. The fourth-order valence-corrected chi connectivity index (χ4v) is 3.87. The van der Waals surface area contributed by atoms with Crippen LogP contribution in [0, 0.1) is 0 Å². The van der Waals surface area contributed by atoms with E-state index < -0.39 is 18.0 Å². The highest BCUT2D eigenvalue weighted by atomic mass is 16.5. The number of ether oxygens (including phenoxy) is 2. The number of fused-ring (bicyclic) bond motifs is 2. The fourth-order valence-electron chi connectivity index (χ4n) is 3.87. The van der Waals surface area contributed by atoms with Crippen molar-refractivity contribution < 1.29 is 19.1 Å². The average Bonchev–Trinajstić information content (AvgIpc) is 3.32. The maximum atomic E-state index is 12.8. The first-order valence-corrected chi connectivity index (χ1v) is 11.2. The third-order valence-corrected chi connectivity index (χ3v) is 5.78. The molecule has 1 atom stereocenters. The average molecular weight is 466 g/mol. The second-order valence-corrected chi connectivity index (χ2v) is 8.11. The van der Waals surface area contributed by atoms with Crippen molar-refractivity contribution in [2.45, 2.75) is 13.0 Å². The third kappa shape index (κ3) is 4.56. The summed E-state index contributed by atoms with van der Waals surface area (Å²) in [5.41, 5.74) is 3.30. The van der Waals surface area contributed by atoms with Crippen LogP contribution >= 0.6 is 0 Å². The summed E-state index contributed by atoms with van der Waals surface area (Å²) in [4.78, 5) is 33.3. The lowest BCUT2D eigenvalue weighted by molar-refractivity contribution is -0.123. The quantitative estimate of drug-likeness (QED) is 0.320. The Morgan fingerprint density at radius 3 is 2.51 bits per heavy atom. The molecule has 5 rings (SSSR count). The maximum Gasteiger partial charge on any atom is 0.338 e. The van der Waals surface area contributed by atoms with Gasteiger partial charge in [0.15, 0.2) is 6.10 Å². The van der Waals surface area contributed by atoms with Gasteiger partial charge in [-0.15, -0.1) is 0 Å². The van der Waals surface area contributed by atoms with Gasteiger partial charge in [-0.05, 0) is 60.8 Å².